The van der Waals surface area contributed by atoms with Gasteiger partial charge in [-0.3, -0.25) is 4.68 Å². The molecule has 0 bridgehead atoms. The van der Waals surface area contributed by atoms with Gasteiger partial charge in [0.05, 0.1) is 18.8 Å². The number of fused-ring (bicyclic) bond motifs is 3. The van der Waals surface area contributed by atoms with E-state index >= 15 is 0 Å². The Balaban J connectivity index is 1.52. The molecule has 4 nitrogen and oxygen atoms in total. The Kier molecular flexibility index (Phi) is 3.60. The molecular formula is C19H18N2O2. The fraction of sp³-hybridized carbons (Fsp3) is 0.211. The maximum absolute atomic E-state index is 9.02. The Morgan fingerprint density at radius 1 is 1.09 bits per heavy atom. The van der Waals surface area contributed by atoms with Gasteiger partial charge in [0.2, 0.25) is 0 Å². The topological polar surface area (TPSA) is 47.3 Å². The highest BCUT2D eigenvalue weighted by molar-refractivity contribution is 5.74. The monoisotopic (exact) mass is 306 g/mol. The van der Waals surface area contributed by atoms with Gasteiger partial charge in [-0.05, 0) is 29.3 Å². The number of ether oxygens (including phenoxy) is 1. The van der Waals surface area contributed by atoms with Crippen LogP contribution in [0.5, 0.6) is 5.75 Å². The molecule has 0 saturated heterocycles. The summed E-state index contributed by atoms with van der Waals surface area (Å²) in [5, 5.41) is 13.6. The second-order valence-electron chi connectivity index (χ2n) is 5.76. The molecule has 3 aromatic rings. The first kappa shape index (κ1) is 14.0. The van der Waals surface area contributed by atoms with Crippen molar-refractivity contribution in [3.63, 3.8) is 0 Å². The fourth-order valence-corrected chi connectivity index (χ4v) is 3.02. The van der Waals surface area contributed by atoms with E-state index in [2.05, 4.69) is 29.4 Å². The highest BCUT2D eigenvalue weighted by Crippen LogP contribution is 2.37. The Hall–Kier alpha value is -2.59. The molecule has 4 rings (SSSR count). The first-order valence-corrected chi connectivity index (χ1v) is 7.81. The third-order valence-corrected chi connectivity index (χ3v) is 4.13. The minimum absolute atomic E-state index is 0.111. The van der Waals surface area contributed by atoms with E-state index < -0.39 is 0 Å². The van der Waals surface area contributed by atoms with E-state index in [0.717, 1.165) is 23.4 Å². The Labute approximate surface area is 135 Å². The summed E-state index contributed by atoms with van der Waals surface area (Å²) < 4.78 is 7.71. The number of benzene rings is 2. The summed E-state index contributed by atoms with van der Waals surface area (Å²) >= 11 is 0. The smallest absolute Gasteiger partial charge is 0.120 e. The maximum Gasteiger partial charge on any atom is 0.120 e. The van der Waals surface area contributed by atoms with Crippen molar-refractivity contribution < 1.29 is 9.84 Å². The summed E-state index contributed by atoms with van der Waals surface area (Å²) in [6.45, 7) is 1.23. The van der Waals surface area contributed by atoms with E-state index in [1.165, 1.54) is 16.7 Å². The van der Waals surface area contributed by atoms with Crippen molar-refractivity contribution in [1.82, 2.24) is 9.78 Å². The molecule has 1 N–H and O–H groups in total. The van der Waals surface area contributed by atoms with Crippen molar-refractivity contribution in [2.45, 2.75) is 19.6 Å². The molecule has 2 aromatic carbocycles. The van der Waals surface area contributed by atoms with Gasteiger partial charge in [0.15, 0.2) is 0 Å². The van der Waals surface area contributed by atoms with Crippen molar-refractivity contribution in [2.75, 3.05) is 6.61 Å². The van der Waals surface area contributed by atoms with Crippen LogP contribution in [0.4, 0.5) is 0 Å². The molecule has 0 spiro atoms. The normalized spacial score (nSPS) is 12.0. The molecule has 0 radical (unpaired) electrons. The molecule has 1 aromatic heterocycles. The lowest BCUT2D eigenvalue weighted by molar-refractivity contribution is 0.269. The van der Waals surface area contributed by atoms with E-state index in [4.69, 9.17) is 9.84 Å². The van der Waals surface area contributed by atoms with Crippen LogP contribution in [0.15, 0.2) is 54.7 Å². The number of aliphatic hydroxyl groups is 1. The highest BCUT2D eigenvalue weighted by atomic mass is 16.5. The molecule has 0 saturated carbocycles. The van der Waals surface area contributed by atoms with Crippen molar-refractivity contribution in [1.29, 1.82) is 0 Å². The summed E-state index contributed by atoms with van der Waals surface area (Å²) in [6, 6.07) is 16.4. The largest absolute Gasteiger partial charge is 0.489 e. The Morgan fingerprint density at radius 2 is 1.96 bits per heavy atom. The number of aromatic nitrogens is 2. The van der Waals surface area contributed by atoms with E-state index in [1.807, 2.05) is 35.1 Å². The maximum atomic E-state index is 9.02. The SMILES string of the molecule is OCCn1cc2c(n1)-c1ccc(OCc3ccccc3)cc1C2. The number of aliphatic hydroxyl groups excluding tert-OH is 1. The van der Waals surface area contributed by atoms with Gasteiger partial charge in [-0.1, -0.05) is 30.3 Å². The van der Waals surface area contributed by atoms with Crippen molar-refractivity contribution in [3.05, 3.63) is 71.4 Å². The number of rotatable bonds is 5. The standard InChI is InChI=1S/C19H18N2O2/c22-9-8-21-12-16-10-15-11-17(6-7-18(15)19(16)20-21)23-13-14-4-2-1-3-5-14/h1-7,11-12,22H,8-10,13H2. The van der Waals surface area contributed by atoms with Gasteiger partial charge in [0, 0.05) is 23.7 Å². The lowest BCUT2D eigenvalue weighted by Gasteiger charge is -2.08. The average Bonchev–Trinajstić information content (AvgIpc) is 3.11. The summed E-state index contributed by atoms with van der Waals surface area (Å²) in [6.07, 6.45) is 2.90. The van der Waals surface area contributed by atoms with E-state index in [1.54, 1.807) is 0 Å². The third kappa shape index (κ3) is 2.73. The number of hydrogen-bond donors (Lipinski definition) is 1. The molecule has 0 amide bonds. The van der Waals surface area contributed by atoms with Crippen LogP contribution in [-0.2, 0) is 19.6 Å². The van der Waals surface area contributed by atoms with Crippen LogP contribution in [0.2, 0.25) is 0 Å². The van der Waals surface area contributed by atoms with Crippen molar-refractivity contribution >= 4 is 0 Å². The van der Waals surface area contributed by atoms with Gasteiger partial charge >= 0.3 is 0 Å². The van der Waals surface area contributed by atoms with E-state index in [-0.39, 0.29) is 6.61 Å². The lowest BCUT2D eigenvalue weighted by atomic mass is 10.1. The van der Waals surface area contributed by atoms with Crippen LogP contribution in [0.25, 0.3) is 11.3 Å². The lowest BCUT2D eigenvalue weighted by Crippen LogP contribution is -2.03. The third-order valence-electron chi connectivity index (χ3n) is 4.13. The number of nitrogens with zero attached hydrogens (tertiary/aromatic N) is 2. The second kappa shape index (κ2) is 5.89. The zero-order valence-electron chi connectivity index (χ0n) is 12.8. The van der Waals surface area contributed by atoms with Gasteiger partial charge in [-0.15, -0.1) is 0 Å². The van der Waals surface area contributed by atoms with Crippen LogP contribution in [0.3, 0.4) is 0 Å². The van der Waals surface area contributed by atoms with Crippen LogP contribution in [0, 0.1) is 0 Å². The molecule has 1 heterocycles. The van der Waals surface area contributed by atoms with Crippen LogP contribution in [0.1, 0.15) is 16.7 Å². The number of hydrogen-bond acceptors (Lipinski definition) is 3. The van der Waals surface area contributed by atoms with E-state index in [9.17, 15) is 0 Å². The summed E-state index contributed by atoms with van der Waals surface area (Å²) in [5.74, 6) is 0.890. The molecule has 0 atom stereocenters. The molecular weight excluding hydrogens is 288 g/mol. The molecule has 0 fully saturated rings. The molecule has 0 unspecified atom stereocenters. The molecule has 116 valence electrons. The average molecular weight is 306 g/mol. The molecule has 1 aliphatic rings. The zero-order chi connectivity index (χ0) is 15.6. The van der Waals surface area contributed by atoms with Gasteiger partial charge < -0.3 is 9.84 Å². The van der Waals surface area contributed by atoms with Gasteiger partial charge in [0.1, 0.15) is 12.4 Å². The molecule has 23 heavy (non-hydrogen) atoms. The van der Waals surface area contributed by atoms with Gasteiger partial charge in [-0.2, -0.15) is 5.10 Å². The summed E-state index contributed by atoms with van der Waals surface area (Å²) in [7, 11) is 0. The quantitative estimate of drug-likeness (QED) is 0.616. The van der Waals surface area contributed by atoms with Crippen molar-refractivity contribution in [3.8, 4) is 17.0 Å². The summed E-state index contributed by atoms with van der Waals surface area (Å²) in [5.41, 5.74) is 5.83. The zero-order valence-corrected chi connectivity index (χ0v) is 12.8. The van der Waals surface area contributed by atoms with Gasteiger partial charge in [-0.25, -0.2) is 0 Å². The van der Waals surface area contributed by atoms with Crippen LogP contribution < -0.4 is 4.74 Å². The molecule has 4 heteroatoms. The predicted molar refractivity (Wildman–Crippen MR) is 88.3 cm³/mol. The first-order valence-electron chi connectivity index (χ1n) is 7.81. The Morgan fingerprint density at radius 3 is 2.78 bits per heavy atom. The van der Waals surface area contributed by atoms with Crippen LogP contribution >= 0.6 is 0 Å². The highest BCUT2D eigenvalue weighted by Gasteiger charge is 2.22. The predicted octanol–water partition coefficient (Wildman–Crippen LogP) is 3.03. The van der Waals surface area contributed by atoms with Crippen molar-refractivity contribution in [2.24, 2.45) is 0 Å². The van der Waals surface area contributed by atoms with Crippen LogP contribution in [-0.4, -0.2) is 21.5 Å². The van der Waals surface area contributed by atoms with E-state index in [0.29, 0.717) is 13.2 Å². The minimum atomic E-state index is 0.111. The summed E-state index contributed by atoms with van der Waals surface area (Å²) in [4.78, 5) is 0. The minimum Gasteiger partial charge on any atom is -0.489 e. The van der Waals surface area contributed by atoms with Gasteiger partial charge in [0.25, 0.3) is 0 Å². The Bertz CT molecular complexity index is 825. The molecule has 0 aliphatic heterocycles. The first-order chi connectivity index (χ1) is 11.3. The fourth-order valence-electron chi connectivity index (χ4n) is 3.02. The molecule has 1 aliphatic carbocycles. The second-order valence-corrected chi connectivity index (χ2v) is 5.76.